The Kier molecular flexibility index (Phi) is 3.52. The molecule has 1 amide bonds. The van der Waals surface area contributed by atoms with E-state index in [0.29, 0.717) is 30.1 Å². The van der Waals surface area contributed by atoms with Crippen LogP contribution in [0.5, 0.6) is 0 Å². The number of alkyl halides is 1. The Bertz CT molecular complexity index is 504. The Balaban J connectivity index is 2.37. The van der Waals surface area contributed by atoms with Gasteiger partial charge in [0, 0.05) is 24.9 Å². The van der Waals surface area contributed by atoms with E-state index in [-0.39, 0.29) is 17.5 Å². The van der Waals surface area contributed by atoms with E-state index in [1.165, 1.54) is 6.07 Å². The summed E-state index contributed by atoms with van der Waals surface area (Å²) in [5.41, 5.74) is 1.17. The number of nitrogens with zero attached hydrogens (tertiary/aromatic N) is 2. The molecule has 0 N–H and O–H groups in total. The molecule has 6 heteroatoms. The SMILES string of the molecule is Cc1c(N2CC(CCl)CC2=O)cccc1[N+](=O)[O-]. The van der Waals surface area contributed by atoms with Crippen LogP contribution < -0.4 is 4.90 Å². The Hall–Kier alpha value is -1.62. The molecule has 1 aliphatic heterocycles. The van der Waals surface area contributed by atoms with E-state index in [9.17, 15) is 14.9 Å². The average molecular weight is 269 g/mol. The Morgan fingerprint density at radius 2 is 2.28 bits per heavy atom. The number of nitro benzene ring substituents is 1. The molecule has 1 fully saturated rings. The van der Waals surface area contributed by atoms with Gasteiger partial charge in [0.05, 0.1) is 16.2 Å². The first kappa shape index (κ1) is 12.8. The third kappa shape index (κ3) is 2.18. The second-order valence-corrected chi connectivity index (χ2v) is 4.72. The lowest BCUT2D eigenvalue weighted by atomic mass is 10.1. The zero-order valence-corrected chi connectivity index (χ0v) is 10.7. The number of rotatable bonds is 3. The summed E-state index contributed by atoms with van der Waals surface area (Å²) in [6.45, 7) is 2.19. The first-order valence-electron chi connectivity index (χ1n) is 5.65. The van der Waals surface area contributed by atoms with E-state index >= 15 is 0 Å². The number of hydrogen-bond acceptors (Lipinski definition) is 3. The maximum atomic E-state index is 11.9. The Labute approximate surface area is 109 Å². The van der Waals surface area contributed by atoms with Crippen molar-refractivity contribution >= 4 is 28.9 Å². The minimum atomic E-state index is -0.432. The predicted octanol–water partition coefficient (Wildman–Crippen LogP) is 2.49. The summed E-state index contributed by atoms with van der Waals surface area (Å²) >= 11 is 5.76. The van der Waals surface area contributed by atoms with Crippen LogP contribution in [0.25, 0.3) is 0 Å². The van der Waals surface area contributed by atoms with Crippen LogP contribution in [-0.4, -0.2) is 23.3 Å². The van der Waals surface area contributed by atoms with Crippen LogP contribution in [0.3, 0.4) is 0 Å². The van der Waals surface area contributed by atoms with Gasteiger partial charge in [-0.2, -0.15) is 0 Å². The molecule has 0 saturated carbocycles. The summed E-state index contributed by atoms with van der Waals surface area (Å²) in [5, 5.41) is 10.9. The van der Waals surface area contributed by atoms with Crippen molar-refractivity contribution < 1.29 is 9.72 Å². The molecule has 1 unspecified atom stereocenters. The van der Waals surface area contributed by atoms with Crippen molar-refractivity contribution in [3.8, 4) is 0 Å². The molecule has 1 heterocycles. The van der Waals surface area contributed by atoms with Crippen molar-refractivity contribution in [2.45, 2.75) is 13.3 Å². The maximum Gasteiger partial charge on any atom is 0.274 e. The first-order chi connectivity index (χ1) is 8.54. The number of carbonyl (C=O) groups excluding carboxylic acids is 1. The summed E-state index contributed by atoms with van der Waals surface area (Å²) in [5.74, 6) is 0.526. The quantitative estimate of drug-likeness (QED) is 0.481. The molecule has 0 aromatic heterocycles. The molecule has 0 bridgehead atoms. The molecule has 1 aliphatic rings. The predicted molar refractivity (Wildman–Crippen MR) is 69.0 cm³/mol. The molecule has 1 saturated heterocycles. The molecule has 18 heavy (non-hydrogen) atoms. The van der Waals surface area contributed by atoms with Gasteiger partial charge < -0.3 is 4.90 Å². The van der Waals surface area contributed by atoms with Gasteiger partial charge in [-0.15, -0.1) is 11.6 Å². The highest BCUT2D eigenvalue weighted by molar-refractivity contribution is 6.18. The summed E-state index contributed by atoms with van der Waals surface area (Å²) in [6.07, 6.45) is 0.408. The van der Waals surface area contributed by atoms with E-state index in [2.05, 4.69) is 0 Å². The van der Waals surface area contributed by atoms with Gasteiger partial charge in [-0.25, -0.2) is 0 Å². The van der Waals surface area contributed by atoms with Gasteiger partial charge in [-0.3, -0.25) is 14.9 Å². The number of benzene rings is 1. The molecule has 5 nitrogen and oxygen atoms in total. The molecule has 2 rings (SSSR count). The van der Waals surface area contributed by atoms with Gasteiger partial charge in [0.25, 0.3) is 5.69 Å². The van der Waals surface area contributed by atoms with Crippen LogP contribution in [0.1, 0.15) is 12.0 Å². The fourth-order valence-corrected chi connectivity index (χ4v) is 2.43. The largest absolute Gasteiger partial charge is 0.312 e. The van der Waals surface area contributed by atoms with Crippen molar-refractivity contribution in [3.63, 3.8) is 0 Å². The molecule has 1 aromatic carbocycles. The standard InChI is InChI=1S/C12H13ClN2O3/c1-8-10(3-2-4-11(8)15(17)18)14-7-9(6-13)5-12(14)16/h2-4,9H,5-7H2,1H3. The van der Waals surface area contributed by atoms with Crippen molar-refractivity contribution in [1.82, 2.24) is 0 Å². The summed E-state index contributed by atoms with van der Waals surface area (Å²) in [4.78, 5) is 23.9. The van der Waals surface area contributed by atoms with Crippen molar-refractivity contribution in [2.24, 2.45) is 5.92 Å². The fraction of sp³-hybridized carbons (Fsp3) is 0.417. The van der Waals surface area contributed by atoms with Crippen molar-refractivity contribution in [1.29, 1.82) is 0 Å². The summed E-state index contributed by atoms with van der Waals surface area (Å²) < 4.78 is 0. The topological polar surface area (TPSA) is 63.5 Å². The molecule has 96 valence electrons. The molecular weight excluding hydrogens is 256 g/mol. The van der Waals surface area contributed by atoms with Gasteiger partial charge in [0.2, 0.25) is 5.91 Å². The monoisotopic (exact) mass is 268 g/mol. The number of carbonyl (C=O) groups is 1. The lowest BCUT2D eigenvalue weighted by Crippen LogP contribution is -2.25. The molecule has 0 aliphatic carbocycles. The Morgan fingerprint density at radius 3 is 2.83 bits per heavy atom. The van der Waals surface area contributed by atoms with E-state index in [4.69, 9.17) is 11.6 Å². The number of nitro groups is 1. The molecule has 0 spiro atoms. The molecule has 1 atom stereocenters. The molecular formula is C12H13ClN2O3. The molecule has 1 aromatic rings. The van der Waals surface area contributed by atoms with Crippen LogP contribution in [0.15, 0.2) is 18.2 Å². The highest BCUT2D eigenvalue weighted by atomic mass is 35.5. The third-order valence-electron chi connectivity index (χ3n) is 3.19. The average Bonchev–Trinajstić information content (AvgIpc) is 2.70. The lowest BCUT2D eigenvalue weighted by molar-refractivity contribution is -0.385. The second-order valence-electron chi connectivity index (χ2n) is 4.41. The van der Waals surface area contributed by atoms with Crippen molar-refractivity contribution in [2.75, 3.05) is 17.3 Å². The minimum Gasteiger partial charge on any atom is -0.312 e. The van der Waals surface area contributed by atoms with Gasteiger partial charge in [-0.05, 0) is 18.9 Å². The van der Waals surface area contributed by atoms with Crippen LogP contribution >= 0.6 is 11.6 Å². The van der Waals surface area contributed by atoms with Crippen LogP contribution in [-0.2, 0) is 4.79 Å². The van der Waals surface area contributed by atoms with Crippen LogP contribution in [0.2, 0.25) is 0 Å². The highest BCUT2D eigenvalue weighted by Gasteiger charge is 2.31. The number of anilines is 1. The van der Waals surface area contributed by atoms with Crippen molar-refractivity contribution in [3.05, 3.63) is 33.9 Å². The number of amides is 1. The van der Waals surface area contributed by atoms with Gasteiger partial charge in [0.15, 0.2) is 0 Å². The van der Waals surface area contributed by atoms with Gasteiger partial charge in [-0.1, -0.05) is 6.07 Å². The summed E-state index contributed by atoms with van der Waals surface area (Å²) in [7, 11) is 0. The number of hydrogen-bond donors (Lipinski definition) is 0. The summed E-state index contributed by atoms with van der Waals surface area (Å²) in [6, 6.07) is 4.77. The number of halogens is 1. The fourth-order valence-electron chi connectivity index (χ4n) is 2.22. The zero-order chi connectivity index (χ0) is 13.3. The maximum absolute atomic E-state index is 11.9. The lowest BCUT2D eigenvalue weighted by Gasteiger charge is -2.18. The normalized spacial score (nSPS) is 19.3. The van der Waals surface area contributed by atoms with E-state index < -0.39 is 4.92 Å². The Morgan fingerprint density at radius 1 is 1.56 bits per heavy atom. The van der Waals surface area contributed by atoms with E-state index in [1.807, 2.05) is 0 Å². The van der Waals surface area contributed by atoms with Gasteiger partial charge >= 0.3 is 0 Å². The second kappa shape index (κ2) is 4.94. The smallest absolute Gasteiger partial charge is 0.274 e. The highest BCUT2D eigenvalue weighted by Crippen LogP contribution is 2.32. The first-order valence-corrected chi connectivity index (χ1v) is 6.18. The third-order valence-corrected chi connectivity index (χ3v) is 3.62. The zero-order valence-electron chi connectivity index (χ0n) is 9.93. The van der Waals surface area contributed by atoms with Crippen LogP contribution in [0.4, 0.5) is 11.4 Å². The van der Waals surface area contributed by atoms with E-state index in [0.717, 1.165) is 0 Å². The minimum absolute atomic E-state index is 0.0238. The van der Waals surface area contributed by atoms with E-state index in [1.54, 1.807) is 24.0 Å². The molecule has 0 radical (unpaired) electrons. The van der Waals surface area contributed by atoms with Crippen LogP contribution in [0, 0.1) is 23.0 Å². The van der Waals surface area contributed by atoms with Gasteiger partial charge in [0.1, 0.15) is 0 Å².